The second-order valence-electron chi connectivity index (χ2n) is 3.71. The van der Waals surface area contributed by atoms with Gasteiger partial charge in [0.25, 0.3) is 5.69 Å². The summed E-state index contributed by atoms with van der Waals surface area (Å²) in [5, 5.41) is 28.2. The standard InChI is InChI=1S/C11H13NO5/c13-10(7-11(14)15)6-3-8-1-4-9(5-2-8)12(16)17/h1-2,4-5,10,13H,3,6-7H2,(H,14,15). The minimum Gasteiger partial charge on any atom is -0.481 e. The van der Waals surface area contributed by atoms with E-state index < -0.39 is 17.0 Å². The van der Waals surface area contributed by atoms with Crippen LogP contribution in [0.1, 0.15) is 18.4 Å². The van der Waals surface area contributed by atoms with Gasteiger partial charge in [0.05, 0.1) is 17.4 Å². The third kappa shape index (κ3) is 4.60. The number of hydrogen-bond acceptors (Lipinski definition) is 4. The van der Waals surface area contributed by atoms with Gasteiger partial charge in [-0.25, -0.2) is 0 Å². The third-order valence-electron chi connectivity index (χ3n) is 2.32. The Hall–Kier alpha value is -1.95. The molecule has 0 saturated heterocycles. The van der Waals surface area contributed by atoms with Crippen molar-refractivity contribution in [3.63, 3.8) is 0 Å². The van der Waals surface area contributed by atoms with Crippen LogP contribution < -0.4 is 0 Å². The Morgan fingerprint density at radius 2 is 1.94 bits per heavy atom. The molecule has 0 amide bonds. The van der Waals surface area contributed by atoms with E-state index in [0.29, 0.717) is 12.8 Å². The highest BCUT2D eigenvalue weighted by Crippen LogP contribution is 2.14. The summed E-state index contributed by atoms with van der Waals surface area (Å²) in [7, 11) is 0. The van der Waals surface area contributed by atoms with Crippen LogP contribution in [0.25, 0.3) is 0 Å². The molecule has 0 aliphatic carbocycles. The van der Waals surface area contributed by atoms with Crippen LogP contribution in [-0.4, -0.2) is 27.2 Å². The number of aliphatic hydroxyl groups is 1. The van der Waals surface area contributed by atoms with Crippen molar-refractivity contribution in [3.8, 4) is 0 Å². The molecule has 0 fully saturated rings. The number of aliphatic carboxylic acids is 1. The van der Waals surface area contributed by atoms with Gasteiger partial charge < -0.3 is 10.2 Å². The first-order valence-electron chi connectivity index (χ1n) is 5.12. The molecule has 0 aliphatic rings. The fraction of sp³-hybridized carbons (Fsp3) is 0.364. The van der Waals surface area contributed by atoms with Crippen molar-refractivity contribution in [1.82, 2.24) is 0 Å². The van der Waals surface area contributed by atoms with Crippen molar-refractivity contribution in [2.45, 2.75) is 25.4 Å². The summed E-state index contributed by atoms with van der Waals surface area (Å²) < 4.78 is 0. The van der Waals surface area contributed by atoms with Crippen LogP contribution in [0.2, 0.25) is 0 Å². The Labute approximate surface area is 97.7 Å². The van der Waals surface area contributed by atoms with Crippen molar-refractivity contribution in [2.75, 3.05) is 0 Å². The van der Waals surface area contributed by atoms with Gasteiger partial charge in [0.15, 0.2) is 0 Å². The van der Waals surface area contributed by atoms with Crippen molar-refractivity contribution in [1.29, 1.82) is 0 Å². The Kier molecular flexibility index (Phi) is 4.59. The maximum absolute atomic E-state index is 10.4. The highest BCUT2D eigenvalue weighted by atomic mass is 16.6. The first kappa shape index (κ1) is 13.1. The minimum absolute atomic E-state index is 0.0137. The summed E-state index contributed by atoms with van der Waals surface area (Å²) in [6.07, 6.45) is -0.355. The highest BCUT2D eigenvalue weighted by molar-refractivity contribution is 5.67. The second-order valence-corrected chi connectivity index (χ2v) is 3.71. The molecule has 0 radical (unpaired) electrons. The fourth-order valence-electron chi connectivity index (χ4n) is 1.42. The molecular formula is C11H13NO5. The number of aliphatic hydroxyl groups excluding tert-OH is 1. The molecule has 1 aromatic carbocycles. The molecule has 1 aromatic rings. The highest BCUT2D eigenvalue weighted by Gasteiger charge is 2.10. The average molecular weight is 239 g/mol. The number of non-ortho nitro benzene ring substituents is 1. The van der Waals surface area contributed by atoms with Crippen molar-refractivity contribution in [2.24, 2.45) is 0 Å². The van der Waals surface area contributed by atoms with E-state index in [0.717, 1.165) is 5.56 Å². The molecule has 6 heteroatoms. The maximum atomic E-state index is 10.4. The predicted molar refractivity (Wildman–Crippen MR) is 59.7 cm³/mol. The molecule has 0 aromatic heterocycles. The maximum Gasteiger partial charge on any atom is 0.305 e. The summed E-state index contributed by atoms with van der Waals surface area (Å²) in [5.74, 6) is -1.04. The second kappa shape index (κ2) is 5.95. The molecule has 0 saturated carbocycles. The van der Waals surface area contributed by atoms with Crippen LogP contribution in [0.3, 0.4) is 0 Å². The lowest BCUT2D eigenvalue weighted by Gasteiger charge is -2.07. The molecule has 1 rings (SSSR count). The number of carboxylic acids is 1. The topological polar surface area (TPSA) is 101 Å². The van der Waals surface area contributed by atoms with Crippen molar-refractivity contribution < 1.29 is 19.9 Å². The largest absolute Gasteiger partial charge is 0.481 e. The predicted octanol–water partition coefficient (Wildman–Crippen LogP) is 1.36. The van der Waals surface area contributed by atoms with E-state index >= 15 is 0 Å². The average Bonchev–Trinajstić information content (AvgIpc) is 2.26. The summed E-state index contributed by atoms with van der Waals surface area (Å²) in [5.41, 5.74) is 0.847. The van der Waals surface area contributed by atoms with Gasteiger partial charge in [-0.05, 0) is 18.4 Å². The summed E-state index contributed by atoms with van der Waals surface area (Å²) in [6, 6.07) is 5.98. The normalized spacial score (nSPS) is 12.1. The number of nitro benzene ring substituents is 1. The van der Waals surface area contributed by atoms with Crippen molar-refractivity contribution in [3.05, 3.63) is 39.9 Å². The smallest absolute Gasteiger partial charge is 0.305 e. The lowest BCUT2D eigenvalue weighted by Crippen LogP contribution is -2.13. The fourth-order valence-corrected chi connectivity index (χ4v) is 1.42. The molecule has 92 valence electrons. The lowest BCUT2D eigenvalue weighted by molar-refractivity contribution is -0.384. The Morgan fingerprint density at radius 1 is 1.35 bits per heavy atom. The van der Waals surface area contributed by atoms with E-state index in [1.165, 1.54) is 12.1 Å². The van der Waals surface area contributed by atoms with Gasteiger partial charge in [0.2, 0.25) is 0 Å². The molecule has 1 unspecified atom stereocenters. The zero-order valence-electron chi connectivity index (χ0n) is 9.07. The van der Waals surface area contributed by atoms with Crippen LogP contribution in [0, 0.1) is 10.1 Å². The molecular weight excluding hydrogens is 226 g/mol. The van der Waals surface area contributed by atoms with Crippen molar-refractivity contribution >= 4 is 11.7 Å². The van der Waals surface area contributed by atoms with E-state index in [1.54, 1.807) is 12.1 Å². The van der Waals surface area contributed by atoms with E-state index in [1.807, 2.05) is 0 Å². The van der Waals surface area contributed by atoms with Crippen LogP contribution in [0.15, 0.2) is 24.3 Å². The zero-order valence-corrected chi connectivity index (χ0v) is 9.07. The molecule has 0 spiro atoms. The Morgan fingerprint density at radius 3 is 2.41 bits per heavy atom. The number of nitro groups is 1. The van der Waals surface area contributed by atoms with Gasteiger partial charge in [0.1, 0.15) is 0 Å². The van der Waals surface area contributed by atoms with E-state index in [-0.39, 0.29) is 12.1 Å². The van der Waals surface area contributed by atoms with Gasteiger partial charge in [-0.1, -0.05) is 12.1 Å². The number of hydrogen-bond donors (Lipinski definition) is 2. The first-order chi connectivity index (χ1) is 7.99. The number of carboxylic acid groups (broad SMARTS) is 1. The monoisotopic (exact) mass is 239 g/mol. The summed E-state index contributed by atoms with van der Waals surface area (Å²) in [6.45, 7) is 0. The number of carbonyl (C=O) groups is 1. The van der Waals surface area contributed by atoms with Crippen LogP contribution in [0.4, 0.5) is 5.69 Å². The molecule has 0 aliphatic heterocycles. The van der Waals surface area contributed by atoms with Gasteiger partial charge in [-0.2, -0.15) is 0 Å². The molecule has 1 atom stereocenters. The number of nitrogens with zero attached hydrogens (tertiary/aromatic N) is 1. The van der Waals surface area contributed by atoms with Crippen LogP contribution in [-0.2, 0) is 11.2 Å². The number of rotatable bonds is 6. The van der Waals surface area contributed by atoms with Crippen LogP contribution in [0.5, 0.6) is 0 Å². The Balaban J connectivity index is 2.47. The van der Waals surface area contributed by atoms with E-state index in [9.17, 15) is 20.0 Å². The quantitative estimate of drug-likeness (QED) is 0.576. The molecule has 0 bridgehead atoms. The third-order valence-corrected chi connectivity index (χ3v) is 2.32. The van der Waals surface area contributed by atoms with E-state index in [2.05, 4.69) is 0 Å². The minimum atomic E-state index is -1.04. The molecule has 0 heterocycles. The van der Waals surface area contributed by atoms with Gasteiger partial charge in [-0.3, -0.25) is 14.9 Å². The first-order valence-corrected chi connectivity index (χ1v) is 5.12. The van der Waals surface area contributed by atoms with Gasteiger partial charge in [0, 0.05) is 12.1 Å². The number of aryl methyl sites for hydroxylation is 1. The Bertz CT molecular complexity index is 401. The van der Waals surface area contributed by atoms with Gasteiger partial charge in [-0.15, -0.1) is 0 Å². The zero-order chi connectivity index (χ0) is 12.8. The summed E-state index contributed by atoms with van der Waals surface area (Å²) >= 11 is 0. The van der Waals surface area contributed by atoms with Gasteiger partial charge >= 0.3 is 5.97 Å². The molecule has 6 nitrogen and oxygen atoms in total. The van der Waals surface area contributed by atoms with E-state index in [4.69, 9.17) is 5.11 Å². The molecule has 17 heavy (non-hydrogen) atoms. The summed E-state index contributed by atoms with van der Waals surface area (Å²) in [4.78, 5) is 20.2. The van der Waals surface area contributed by atoms with Crippen LogP contribution >= 0.6 is 0 Å². The number of benzene rings is 1. The molecule has 2 N–H and O–H groups in total. The SMILES string of the molecule is O=C(O)CC(O)CCc1ccc([N+](=O)[O-])cc1. The lowest BCUT2D eigenvalue weighted by atomic mass is 10.0.